The van der Waals surface area contributed by atoms with Crippen molar-refractivity contribution in [3.63, 3.8) is 0 Å². The van der Waals surface area contributed by atoms with Gasteiger partial charge in [-0.25, -0.2) is 4.39 Å². The van der Waals surface area contributed by atoms with Crippen LogP contribution in [0.2, 0.25) is 5.02 Å². The van der Waals surface area contributed by atoms with Crippen LogP contribution in [0.1, 0.15) is 11.6 Å². The summed E-state index contributed by atoms with van der Waals surface area (Å²) < 4.78 is 18.2. The molecule has 1 aromatic carbocycles. The molecule has 1 atom stereocenters. The zero-order valence-corrected chi connectivity index (χ0v) is 6.94. The minimum absolute atomic E-state index is 0.0721. The Hall–Kier alpha value is -0.800. The largest absolute Gasteiger partial charge is 0.488 e. The van der Waals surface area contributed by atoms with Crippen LogP contribution < -0.4 is 10.5 Å². The molecule has 12 heavy (non-hydrogen) atoms. The average Bonchev–Trinajstić information content (AvgIpc) is 2.41. The fourth-order valence-corrected chi connectivity index (χ4v) is 1.40. The van der Waals surface area contributed by atoms with Gasteiger partial charge in [0.15, 0.2) is 11.6 Å². The van der Waals surface area contributed by atoms with Crippen LogP contribution in [0.4, 0.5) is 4.39 Å². The summed E-state index contributed by atoms with van der Waals surface area (Å²) in [5.74, 6) is -0.308. The van der Waals surface area contributed by atoms with Gasteiger partial charge in [-0.05, 0) is 6.07 Å². The highest BCUT2D eigenvalue weighted by Gasteiger charge is 2.24. The molecule has 4 heteroatoms. The lowest BCUT2D eigenvalue weighted by Crippen LogP contribution is -2.10. The zero-order chi connectivity index (χ0) is 8.72. The van der Waals surface area contributed by atoms with E-state index < -0.39 is 5.82 Å². The van der Waals surface area contributed by atoms with Crippen molar-refractivity contribution >= 4 is 11.6 Å². The lowest BCUT2D eigenvalue weighted by Gasteiger charge is -2.01. The average molecular weight is 188 g/mol. The number of benzene rings is 1. The summed E-state index contributed by atoms with van der Waals surface area (Å²) in [7, 11) is 0. The Balaban J connectivity index is 2.60. The van der Waals surface area contributed by atoms with Crippen LogP contribution in [0.5, 0.6) is 5.75 Å². The maximum atomic E-state index is 13.2. The third kappa shape index (κ3) is 0.974. The number of nitrogens with two attached hydrogens (primary N) is 1. The van der Waals surface area contributed by atoms with Crippen LogP contribution in [0.25, 0.3) is 0 Å². The number of halogens is 2. The van der Waals surface area contributed by atoms with Gasteiger partial charge in [-0.3, -0.25) is 0 Å². The van der Waals surface area contributed by atoms with Gasteiger partial charge in [-0.2, -0.15) is 0 Å². The second-order valence-corrected chi connectivity index (χ2v) is 3.10. The van der Waals surface area contributed by atoms with Gasteiger partial charge in [0.1, 0.15) is 6.61 Å². The third-order valence-electron chi connectivity index (χ3n) is 1.89. The van der Waals surface area contributed by atoms with Crippen LogP contribution >= 0.6 is 11.6 Å². The van der Waals surface area contributed by atoms with Gasteiger partial charge in [0.25, 0.3) is 0 Å². The minimum atomic E-state index is -0.512. The highest BCUT2D eigenvalue weighted by atomic mass is 35.5. The van der Waals surface area contributed by atoms with Crippen LogP contribution in [-0.2, 0) is 0 Å². The standard InChI is InChI=1S/C8H7ClFNO/c9-5-2-1-4-6(11)3-12-8(4)7(5)10/h1-2,6H,3,11H2/t6-/m1/s1. The number of rotatable bonds is 0. The second-order valence-electron chi connectivity index (χ2n) is 2.70. The molecular weight excluding hydrogens is 181 g/mol. The minimum Gasteiger partial charge on any atom is -0.488 e. The number of fused-ring (bicyclic) bond motifs is 1. The molecule has 0 aliphatic carbocycles. The van der Waals surface area contributed by atoms with Crippen molar-refractivity contribution in [3.05, 3.63) is 28.5 Å². The Kier molecular flexibility index (Phi) is 1.70. The summed E-state index contributed by atoms with van der Waals surface area (Å²) in [5.41, 5.74) is 6.32. The molecule has 2 N–H and O–H groups in total. The highest BCUT2D eigenvalue weighted by Crippen LogP contribution is 2.36. The van der Waals surface area contributed by atoms with Crippen molar-refractivity contribution in [2.75, 3.05) is 6.61 Å². The summed E-state index contributed by atoms with van der Waals surface area (Å²) in [5, 5.41) is 0.0721. The molecule has 0 unspecified atom stereocenters. The first-order chi connectivity index (χ1) is 5.70. The Labute approximate surface area is 74.1 Å². The molecule has 1 heterocycles. The molecule has 0 bridgehead atoms. The maximum Gasteiger partial charge on any atom is 0.183 e. The smallest absolute Gasteiger partial charge is 0.183 e. The molecule has 2 nitrogen and oxygen atoms in total. The maximum absolute atomic E-state index is 13.2. The molecule has 0 fully saturated rings. The molecule has 2 rings (SSSR count). The van der Waals surface area contributed by atoms with Crippen LogP contribution in [0, 0.1) is 5.82 Å². The Morgan fingerprint density at radius 2 is 2.33 bits per heavy atom. The van der Waals surface area contributed by atoms with E-state index in [2.05, 4.69) is 0 Å². The summed E-state index contributed by atoms with van der Waals surface area (Å²) in [6.45, 7) is 0.326. The third-order valence-corrected chi connectivity index (χ3v) is 2.18. The molecule has 0 saturated carbocycles. The van der Waals surface area contributed by atoms with Crippen LogP contribution in [-0.4, -0.2) is 6.61 Å². The van der Waals surface area contributed by atoms with Gasteiger partial charge in [-0.15, -0.1) is 0 Å². The number of ether oxygens (including phenoxy) is 1. The van der Waals surface area contributed by atoms with Crippen molar-refractivity contribution < 1.29 is 9.13 Å². The highest BCUT2D eigenvalue weighted by molar-refractivity contribution is 6.30. The van der Waals surface area contributed by atoms with E-state index in [1.165, 1.54) is 6.07 Å². The molecule has 1 aliphatic heterocycles. The summed E-state index contributed by atoms with van der Waals surface area (Å²) in [6.07, 6.45) is 0. The van der Waals surface area contributed by atoms with Gasteiger partial charge in [-0.1, -0.05) is 17.7 Å². The fourth-order valence-electron chi connectivity index (χ4n) is 1.25. The summed E-state index contributed by atoms with van der Waals surface area (Å²) in [4.78, 5) is 0. The molecule has 0 aromatic heterocycles. The van der Waals surface area contributed by atoms with E-state index in [9.17, 15) is 4.39 Å². The topological polar surface area (TPSA) is 35.2 Å². The predicted molar refractivity (Wildman–Crippen MR) is 43.8 cm³/mol. The summed E-state index contributed by atoms with van der Waals surface area (Å²) in [6, 6.07) is 2.95. The van der Waals surface area contributed by atoms with Crippen LogP contribution in [0.3, 0.4) is 0 Å². The fraction of sp³-hybridized carbons (Fsp3) is 0.250. The molecule has 0 spiro atoms. The molecule has 1 aromatic rings. The molecule has 0 saturated heterocycles. The normalized spacial score (nSPS) is 20.4. The van der Waals surface area contributed by atoms with Crippen molar-refractivity contribution in [1.29, 1.82) is 0 Å². The van der Waals surface area contributed by atoms with E-state index in [0.717, 1.165) is 0 Å². The van der Waals surface area contributed by atoms with E-state index >= 15 is 0 Å². The lowest BCUT2D eigenvalue weighted by atomic mass is 10.1. The predicted octanol–water partition coefficient (Wildman–Crippen LogP) is 1.87. The monoisotopic (exact) mass is 187 g/mol. The van der Waals surface area contributed by atoms with Gasteiger partial charge in [0.2, 0.25) is 0 Å². The van der Waals surface area contributed by atoms with Gasteiger partial charge in [0, 0.05) is 5.56 Å². The van der Waals surface area contributed by atoms with Crippen molar-refractivity contribution in [3.8, 4) is 5.75 Å². The Morgan fingerprint density at radius 3 is 3.08 bits per heavy atom. The first-order valence-corrected chi connectivity index (χ1v) is 3.94. The molecule has 1 aliphatic rings. The first-order valence-electron chi connectivity index (χ1n) is 3.56. The van der Waals surface area contributed by atoms with Crippen molar-refractivity contribution in [2.45, 2.75) is 6.04 Å². The van der Waals surface area contributed by atoms with Gasteiger partial charge < -0.3 is 10.5 Å². The summed E-state index contributed by atoms with van der Waals surface area (Å²) >= 11 is 5.54. The Morgan fingerprint density at radius 1 is 1.58 bits per heavy atom. The van der Waals surface area contributed by atoms with E-state index in [1.54, 1.807) is 6.07 Å². The van der Waals surface area contributed by atoms with Gasteiger partial charge in [0.05, 0.1) is 11.1 Å². The van der Waals surface area contributed by atoms with Gasteiger partial charge >= 0.3 is 0 Å². The van der Waals surface area contributed by atoms with Crippen molar-refractivity contribution in [1.82, 2.24) is 0 Å². The quantitative estimate of drug-likeness (QED) is 0.673. The molecule has 0 radical (unpaired) electrons. The zero-order valence-electron chi connectivity index (χ0n) is 6.18. The Bertz CT molecular complexity index is 329. The second kappa shape index (κ2) is 2.61. The molecule has 64 valence electrons. The van der Waals surface area contributed by atoms with E-state index in [1.807, 2.05) is 0 Å². The van der Waals surface area contributed by atoms with Crippen LogP contribution in [0.15, 0.2) is 12.1 Å². The van der Waals surface area contributed by atoms with E-state index in [0.29, 0.717) is 12.2 Å². The van der Waals surface area contributed by atoms with Crippen molar-refractivity contribution in [2.24, 2.45) is 5.73 Å². The lowest BCUT2D eigenvalue weighted by molar-refractivity contribution is 0.319. The first kappa shape index (κ1) is 7.83. The molecule has 0 amide bonds. The number of hydrogen-bond donors (Lipinski definition) is 1. The SMILES string of the molecule is N[C@@H]1COc2c1ccc(Cl)c2F. The number of hydrogen-bond acceptors (Lipinski definition) is 2. The molecular formula is C8H7ClFNO. The van der Waals surface area contributed by atoms with E-state index in [4.69, 9.17) is 22.1 Å². The van der Waals surface area contributed by atoms with E-state index in [-0.39, 0.29) is 16.8 Å².